The molecule has 4 saturated heterocycles. The summed E-state index contributed by atoms with van der Waals surface area (Å²) >= 11 is 2.35. The number of amides is 2. The molecule has 1 unspecified atom stereocenters. The number of aliphatic carboxylic acids is 1. The van der Waals surface area contributed by atoms with E-state index in [0.29, 0.717) is 4.48 Å². The number of quaternary nitrogens is 1. The summed E-state index contributed by atoms with van der Waals surface area (Å²) in [5.74, 6) is -2.39. The molecule has 36 heavy (non-hydrogen) atoms. The molecule has 0 spiro atoms. The summed E-state index contributed by atoms with van der Waals surface area (Å²) in [5.41, 5.74) is 6.07. The van der Waals surface area contributed by atoms with Crippen LogP contribution in [0, 0.1) is 5.41 Å². The van der Waals surface area contributed by atoms with Crippen LogP contribution in [0.4, 0.5) is 5.13 Å². The number of nitrogens with one attached hydrogen (secondary N) is 1. The van der Waals surface area contributed by atoms with E-state index in [4.69, 9.17) is 10.6 Å². The molecular formula is C21H28N7O6S2+. The zero-order valence-electron chi connectivity index (χ0n) is 19.8. The van der Waals surface area contributed by atoms with Crippen LogP contribution in [-0.4, -0.2) is 102 Å². The van der Waals surface area contributed by atoms with Crippen molar-refractivity contribution in [2.45, 2.75) is 42.9 Å². The highest BCUT2D eigenvalue weighted by Crippen LogP contribution is 2.52. The van der Waals surface area contributed by atoms with Gasteiger partial charge in [-0.3, -0.25) is 19.0 Å². The van der Waals surface area contributed by atoms with Gasteiger partial charge in [-0.2, -0.15) is 9.36 Å². The standard InChI is InChI=1S/C21H27N7O6S2/c1-10-14(28-6-3-21(9-29,4-7-28)5-8-28)13(19(32)33)27-17(31)12(18(27)35-10)23-16(30)11(25-34-2)15-24-20(22)36-26-15/h10,12,18,29H,3-9H2,1-2H3,(H3-,22,23,24,26,30,32,33)/p+1/b25-11-/t10?,12-,18-,21?,28?/m1/s1. The second kappa shape index (κ2) is 8.97. The van der Waals surface area contributed by atoms with E-state index < -0.39 is 29.2 Å². The third-order valence-corrected chi connectivity index (χ3v) is 9.79. The smallest absolute Gasteiger partial charge is 0.358 e. The van der Waals surface area contributed by atoms with Crippen molar-refractivity contribution in [2.24, 2.45) is 10.6 Å². The molecule has 6 rings (SSSR count). The number of nitrogens with two attached hydrogens (primary N) is 1. The second-order valence-electron chi connectivity index (χ2n) is 9.67. The minimum Gasteiger partial charge on any atom is -0.476 e. The SMILES string of the molecule is CO/N=C(\C(=O)N[C@@H]1C(=O)N2C(C(=O)O)=C([N+]34CCC(CO)(CC3)CC4)C(C)S[C@H]12)c1nsc(N)n1. The largest absolute Gasteiger partial charge is 0.476 e. The predicted molar refractivity (Wildman–Crippen MR) is 130 cm³/mol. The summed E-state index contributed by atoms with van der Waals surface area (Å²) in [7, 11) is 1.27. The van der Waals surface area contributed by atoms with Crippen molar-refractivity contribution in [3.63, 3.8) is 0 Å². The maximum absolute atomic E-state index is 13.2. The molecule has 5 aliphatic rings. The number of nitrogens with zero attached hydrogens (tertiary/aromatic N) is 5. The Morgan fingerprint density at radius 1 is 1.33 bits per heavy atom. The first-order valence-electron chi connectivity index (χ1n) is 11.6. The van der Waals surface area contributed by atoms with E-state index in [1.807, 2.05) is 6.92 Å². The number of carbonyl (C=O) groups is 3. The fraction of sp³-hybridized carbons (Fsp3) is 0.619. The molecule has 194 valence electrons. The molecule has 0 radical (unpaired) electrons. The normalized spacial score (nSPS) is 33.8. The van der Waals surface area contributed by atoms with Gasteiger partial charge in [0.05, 0.1) is 24.9 Å². The molecule has 2 bridgehead atoms. The molecule has 1 aromatic rings. The number of fused-ring (bicyclic) bond motifs is 4. The number of oxime groups is 1. The lowest BCUT2D eigenvalue weighted by molar-refractivity contribution is -0.912. The first-order valence-corrected chi connectivity index (χ1v) is 13.3. The average molecular weight is 539 g/mol. The summed E-state index contributed by atoms with van der Waals surface area (Å²) in [6, 6.07) is -0.941. The second-order valence-corrected chi connectivity index (χ2v) is 11.9. The Bertz CT molecular complexity index is 1160. The van der Waals surface area contributed by atoms with Crippen LogP contribution in [0.3, 0.4) is 0 Å². The average Bonchev–Trinajstić information content (AvgIpc) is 3.31. The van der Waals surface area contributed by atoms with E-state index in [2.05, 4.69) is 19.8 Å². The van der Waals surface area contributed by atoms with E-state index in [0.717, 1.165) is 56.1 Å². The van der Waals surface area contributed by atoms with Gasteiger partial charge in [-0.15, -0.1) is 11.8 Å². The molecule has 3 atom stereocenters. The number of hydrogen-bond acceptors (Lipinski definition) is 11. The highest BCUT2D eigenvalue weighted by atomic mass is 32.2. The van der Waals surface area contributed by atoms with Gasteiger partial charge in [0.2, 0.25) is 11.5 Å². The number of aromatic nitrogens is 2. The van der Waals surface area contributed by atoms with Crippen LogP contribution in [0.2, 0.25) is 0 Å². The quantitative estimate of drug-likeness (QED) is 0.154. The Balaban J connectivity index is 1.41. The minimum atomic E-state index is -1.15. The molecular weight excluding hydrogens is 510 g/mol. The lowest BCUT2D eigenvalue weighted by Crippen LogP contribution is -2.73. The number of carboxylic acids is 1. The van der Waals surface area contributed by atoms with E-state index >= 15 is 0 Å². The van der Waals surface area contributed by atoms with Crippen molar-refractivity contribution >= 4 is 51.9 Å². The lowest BCUT2D eigenvalue weighted by Gasteiger charge is -2.58. The zero-order chi connectivity index (χ0) is 25.8. The monoisotopic (exact) mass is 538 g/mol. The number of carbonyl (C=O) groups excluding carboxylic acids is 2. The number of β-lactam (4-membered cyclic amide) rings is 1. The Hall–Kier alpha value is -2.75. The molecule has 1 aromatic heterocycles. The molecule has 0 aliphatic carbocycles. The van der Waals surface area contributed by atoms with Crippen LogP contribution in [0.15, 0.2) is 16.5 Å². The summed E-state index contributed by atoms with van der Waals surface area (Å²) in [5, 5.41) is 25.8. The topological polar surface area (TPSA) is 180 Å². The highest BCUT2D eigenvalue weighted by molar-refractivity contribution is 8.00. The minimum absolute atomic E-state index is 0.0138. The van der Waals surface area contributed by atoms with Gasteiger partial charge in [-0.05, 0) is 6.92 Å². The maximum Gasteiger partial charge on any atom is 0.358 e. The molecule has 5 N–H and O–H groups in total. The molecule has 0 aromatic carbocycles. The van der Waals surface area contributed by atoms with Gasteiger partial charge in [0.15, 0.2) is 16.5 Å². The Morgan fingerprint density at radius 3 is 2.53 bits per heavy atom. The Labute approximate surface area is 215 Å². The van der Waals surface area contributed by atoms with Crippen LogP contribution in [0.5, 0.6) is 0 Å². The van der Waals surface area contributed by atoms with Crippen LogP contribution in [0.1, 0.15) is 32.0 Å². The molecule has 13 nitrogen and oxygen atoms in total. The van der Waals surface area contributed by atoms with Crippen molar-refractivity contribution in [1.29, 1.82) is 0 Å². The molecule has 5 aliphatic heterocycles. The van der Waals surface area contributed by atoms with Crippen LogP contribution in [0.25, 0.3) is 0 Å². The van der Waals surface area contributed by atoms with Gasteiger partial charge in [0.1, 0.15) is 18.5 Å². The third-order valence-electron chi connectivity index (χ3n) is 7.85. The van der Waals surface area contributed by atoms with Gasteiger partial charge in [0.25, 0.3) is 11.8 Å². The van der Waals surface area contributed by atoms with Gasteiger partial charge in [0, 0.05) is 42.8 Å². The summed E-state index contributed by atoms with van der Waals surface area (Å²) in [6.45, 7) is 4.33. The number of piperidine rings is 3. The van der Waals surface area contributed by atoms with E-state index in [1.54, 1.807) is 0 Å². The van der Waals surface area contributed by atoms with Crippen LogP contribution in [-0.2, 0) is 19.2 Å². The fourth-order valence-corrected chi connectivity index (χ4v) is 7.85. The fourth-order valence-electron chi connectivity index (χ4n) is 5.87. The molecule has 0 saturated carbocycles. The maximum atomic E-state index is 13.2. The van der Waals surface area contributed by atoms with Crippen molar-refractivity contribution in [2.75, 3.05) is 39.1 Å². The van der Waals surface area contributed by atoms with Gasteiger partial charge < -0.3 is 26.1 Å². The Kier molecular flexibility index (Phi) is 6.21. The molecule has 6 heterocycles. The van der Waals surface area contributed by atoms with Crippen molar-refractivity contribution < 1.29 is 33.9 Å². The molecule has 15 heteroatoms. The van der Waals surface area contributed by atoms with E-state index in [9.17, 15) is 24.6 Å². The number of rotatable bonds is 7. The first kappa shape index (κ1) is 24.9. The van der Waals surface area contributed by atoms with Crippen molar-refractivity contribution in [3.05, 3.63) is 17.2 Å². The zero-order valence-corrected chi connectivity index (χ0v) is 21.5. The summed E-state index contributed by atoms with van der Waals surface area (Å²) in [6.07, 6.45) is 2.47. The highest BCUT2D eigenvalue weighted by Gasteiger charge is 2.61. The number of aliphatic hydroxyl groups excluding tert-OH is 1. The molecule has 2 amide bonds. The van der Waals surface area contributed by atoms with Crippen molar-refractivity contribution in [1.82, 2.24) is 19.6 Å². The summed E-state index contributed by atoms with van der Waals surface area (Å²) < 4.78 is 4.51. The predicted octanol–water partition coefficient (Wildman–Crippen LogP) is -0.452. The van der Waals surface area contributed by atoms with E-state index in [-0.39, 0.29) is 39.6 Å². The number of anilines is 1. The number of hydrogen-bond donors (Lipinski definition) is 4. The Morgan fingerprint density at radius 2 is 2.00 bits per heavy atom. The van der Waals surface area contributed by atoms with E-state index in [1.165, 1.54) is 23.8 Å². The van der Waals surface area contributed by atoms with Crippen LogP contribution >= 0.6 is 23.3 Å². The number of thioether (sulfide) groups is 1. The van der Waals surface area contributed by atoms with Gasteiger partial charge >= 0.3 is 5.97 Å². The molecule has 4 fully saturated rings. The first-order chi connectivity index (χ1) is 17.1. The number of nitrogen functional groups attached to an aromatic ring is 1. The lowest BCUT2D eigenvalue weighted by atomic mass is 9.70. The number of aliphatic hydroxyl groups is 1. The van der Waals surface area contributed by atoms with Crippen molar-refractivity contribution in [3.8, 4) is 0 Å². The number of carboxylic acid groups (broad SMARTS) is 1. The van der Waals surface area contributed by atoms with Gasteiger partial charge in [-0.25, -0.2) is 4.79 Å². The third kappa shape index (κ3) is 3.76. The van der Waals surface area contributed by atoms with Gasteiger partial charge in [-0.1, -0.05) is 5.16 Å². The summed E-state index contributed by atoms with van der Waals surface area (Å²) in [4.78, 5) is 48.7. The van der Waals surface area contributed by atoms with Crippen LogP contribution < -0.4 is 11.1 Å².